The average Bonchev–Trinajstić information content (AvgIpc) is 2.87. The summed E-state index contributed by atoms with van der Waals surface area (Å²) in [4.78, 5) is 6.88. The summed E-state index contributed by atoms with van der Waals surface area (Å²) in [5.74, 6) is 1.91. The number of hydrogen-bond donors (Lipinski definition) is 1. The van der Waals surface area contributed by atoms with Crippen LogP contribution in [0, 0.1) is 0 Å². The first-order valence-corrected chi connectivity index (χ1v) is 6.43. The number of hydrogen-bond acceptors (Lipinski definition) is 5. The Morgan fingerprint density at radius 1 is 1.39 bits per heavy atom. The molecule has 0 saturated carbocycles. The molecule has 1 aromatic rings. The van der Waals surface area contributed by atoms with Gasteiger partial charge in [0, 0.05) is 26.6 Å². The van der Waals surface area contributed by atoms with Crippen LogP contribution in [0.3, 0.4) is 0 Å². The lowest BCUT2D eigenvalue weighted by Crippen LogP contribution is -2.52. The fourth-order valence-electron chi connectivity index (χ4n) is 2.61. The Hall–Kier alpha value is -1.33. The van der Waals surface area contributed by atoms with E-state index in [0.29, 0.717) is 6.61 Å². The Bertz CT molecular complexity index is 418. The van der Waals surface area contributed by atoms with E-state index in [9.17, 15) is 0 Å². The van der Waals surface area contributed by atoms with Crippen molar-refractivity contribution in [2.75, 3.05) is 50.2 Å². The summed E-state index contributed by atoms with van der Waals surface area (Å²) >= 11 is 0. The summed E-state index contributed by atoms with van der Waals surface area (Å²) in [7, 11) is 1.89. The number of anilines is 2. The molecule has 0 unspecified atom stereocenters. The minimum absolute atomic E-state index is 0.115. The third-order valence-corrected chi connectivity index (χ3v) is 3.63. The highest BCUT2D eigenvalue weighted by Gasteiger charge is 2.40. The van der Waals surface area contributed by atoms with Gasteiger partial charge in [-0.1, -0.05) is 6.07 Å². The van der Waals surface area contributed by atoms with E-state index in [1.807, 2.05) is 19.2 Å². The molecule has 98 valence electrons. The number of rotatable bonds is 2. The van der Waals surface area contributed by atoms with Gasteiger partial charge in [0.15, 0.2) is 0 Å². The molecular weight excluding hydrogens is 230 g/mol. The molecule has 0 radical (unpaired) electrons. The van der Waals surface area contributed by atoms with E-state index >= 15 is 0 Å². The molecule has 2 fully saturated rings. The van der Waals surface area contributed by atoms with Crippen molar-refractivity contribution in [3.8, 4) is 0 Å². The molecule has 2 aliphatic rings. The highest BCUT2D eigenvalue weighted by atomic mass is 16.6. The number of nitrogens with one attached hydrogen (secondary N) is 1. The van der Waals surface area contributed by atoms with Crippen LogP contribution in [0.25, 0.3) is 0 Å². The van der Waals surface area contributed by atoms with E-state index < -0.39 is 0 Å². The molecule has 3 rings (SSSR count). The van der Waals surface area contributed by atoms with E-state index in [1.165, 1.54) is 0 Å². The Balaban J connectivity index is 1.78. The Morgan fingerprint density at radius 3 is 3.11 bits per heavy atom. The third-order valence-electron chi connectivity index (χ3n) is 3.63. The van der Waals surface area contributed by atoms with Gasteiger partial charge < -0.3 is 19.7 Å². The molecular formula is C13H19N3O2. The van der Waals surface area contributed by atoms with Crippen molar-refractivity contribution in [1.82, 2.24) is 4.98 Å². The van der Waals surface area contributed by atoms with Gasteiger partial charge >= 0.3 is 0 Å². The molecule has 5 nitrogen and oxygen atoms in total. The number of ether oxygens (including phenoxy) is 2. The summed E-state index contributed by atoms with van der Waals surface area (Å²) in [6, 6.07) is 6.05. The number of nitrogens with zero attached hydrogens (tertiary/aromatic N) is 2. The first-order chi connectivity index (χ1) is 8.81. The van der Waals surface area contributed by atoms with Crippen molar-refractivity contribution in [1.29, 1.82) is 0 Å². The molecule has 3 heterocycles. The van der Waals surface area contributed by atoms with Crippen molar-refractivity contribution in [3.63, 3.8) is 0 Å². The fraction of sp³-hybridized carbons (Fsp3) is 0.615. The molecule has 1 atom stereocenters. The van der Waals surface area contributed by atoms with Crippen LogP contribution in [0.5, 0.6) is 0 Å². The topological polar surface area (TPSA) is 46.6 Å². The number of pyridine rings is 1. The van der Waals surface area contributed by atoms with Gasteiger partial charge in [-0.05, 0) is 12.1 Å². The quantitative estimate of drug-likeness (QED) is 0.851. The molecule has 1 aromatic heterocycles. The van der Waals surface area contributed by atoms with Gasteiger partial charge in [-0.3, -0.25) is 0 Å². The lowest BCUT2D eigenvalue weighted by Gasteiger charge is -2.40. The average molecular weight is 249 g/mol. The maximum absolute atomic E-state index is 5.92. The van der Waals surface area contributed by atoms with Crippen molar-refractivity contribution < 1.29 is 9.47 Å². The lowest BCUT2D eigenvalue weighted by atomic mass is 10.0. The summed E-state index contributed by atoms with van der Waals surface area (Å²) in [5.41, 5.74) is -0.115. The van der Waals surface area contributed by atoms with Gasteiger partial charge in [0.2, 0.25) is 0 Å². The van der Waals surface area contributed by atoms with Crippen LogP contribution in [0.2, 0.25) is 0 Å². The molecule has 0 bridgehead atoms. The summed E-state index contributed by atoms with van der Waals surface area (Å²) < 4.78 is 11.4. The van der Waals surface area contributed by atoms with Crippen LogP contribution < -0.4 is 10.2 Å². The standard InChI is InChI=1S/C13H19N3O2/c1-14-11-3-2-4-12(15-11)16-6-8-18-13(9-16)5-7-17-10-13/h2-4H,5-10H2,1H3,(H,14,15)/t13-/m1/s1. The highest BCUT2D eigenvalue weighted by Crippen LogP contribution is 2.29. The van der Waals surface area contributed by atoms with E-state index in [1.54, 1.807) is 0 Å². The molecule has 0 amide bonds. The van der Waals surface area contributed by atoms with Crippen LogP contribution in [-0.4, -0.2) is 50.5 Å². The summed E-state index contributed by atoms with van der Waals surface area (Å²) in [6.45, 7) is 4.01. The van der Waals surface area contributed by atoms with Crippen LogP contribution in [0.4, 0.5) is 11.6 Å². The second kappa shape index (κ2) is 4.74. The fourth-order valence-corrected chi connectivity index (χ4v) is 2.61. The van der Waals surface area contributed by atoms with Crippen molar-refractivity contribution >= 4 is 11.6 Å². The third kappa shape index (κ3) is 2.15. The van der Waals surface area contributed by atoms with Crippen LogP contribution in [-0.2, 0) is 9.47 Å². The van der Waals surface area contributed by atoms with Crippen molar-refractivity contribution in [2.24, 2.45) is 0 Å². The second-order valence-electron chi connectivity index (χ2n) is 4.89. The molecule has 2 saturated heterocycles. The molecule has 0 aliphatic carbocycles. The van der Waals surface area contributed by atoms with Crippen LogP contribution in [0.15, 0.2) is 18.2 Å². The Labute approximate surface area is 107 Å². The predicted molar refractivity (Wildman–Crippen MR) is 70.1 cm³/mol. The van der Waals surface area contributed by atoms with Crippen LogP contribution in [0.1, 0.15) is 6.42 Å². The minimum Gasteiger partial charge on any atom is -0.378 e. The Morgan fingerprint density at radius 2 is 2.33 bits per heavy atom. The SMILES string of the molecule is CNc1cccc(N2CCO[C@]3(CCOC3)C2)n1. The van der Waals surface area contributed by atoms with Gasteiger partial charge in [-0.2, -0.15) is 0 Å². The second-order valence-corrected chi connectivity index (χ2v) is 4.89. The monoisotopic (exact) mass is 249 g/mol. The zero-order valence-corrected chi connectivity index (χ0v) is 10.7. The van der Waals surface area contributed by atoms with Crippen molar-refractivity contribution in [2.45, 2.75) is 12.0 Å². The largest absolute Gasteiger partial charge is 0.378 e. The lowest BCUT2D eigenvalue weighted by molar-refractivity contribution is -0.0581. The minimum atomic E-state index is -0.115. The zero-order valence-electron chi connectivity index (χ0n) is 10.7. The maximum Gasteiger partial charge on any atom is 0.131 e. The Kier molecular flexibility index (Phi) is 3.09. The van der Waals surface area contributed by atoms with E-state index in [-0.39, 0.29) is 5.60 Å². The maximum atomic E-state index is 5.92. The van der Waals surface area contributed by atoms with Gasteiger partial charge in [0.1, 0.15) is 17.2 Å². The highest BCUT2D eigenvalue weighted by molar-refractivity contribution is 5.47. The summed E-state index contributed by atoms with van der Waals surface area (Å²) in [6.07, 6.45) is 0.981. The van der Waals surface area contributed by atoms with Crippen LogP contribution >= 0.6 is 0 Å². The van der Waals surface area contributed by atoms with Gasteiger partial charge in [-0.15, -0.1) is 0 Å². The van der Waals surface area contributed by atoms with Gasteiger partial charge in [-0.25, -0.2) is 4.98 Å². The molecule has 1 spiro atoms. The molecule has 5 heteroatoms. The predicted octanol–water partition coefficient (Wildman–Crippen LogP) is 1.12. The molecule has 0 aromatic carbocycles. The smallest absolute Gasteiger partial charge is 0.131 e. The summed E-state index contributed by atoms with van der Waals surface area (Å²) in [5, 5.41) is 3.07. The van der Waals surface area contributed by atoms with E-state index in [4.69, 9.17) is 9.47 Å². The first kappa shape index (κ1) is 11.7. The normalized spacial score (nSPS) is 27.7. The van der Waals surface area contributed by atoms with E-state index in [0.717, 1.165) is 44.4 Å². The first-order valence-electron chi connectivity index (χ1n) is 6.43. The van der Waals surface area contributed by atoms with E-state index in [2.05, 4.69) is 21.3 Å². The molecule has 2 aliphatic heterocycles. The van der Waals surface area contributed by atoms with Crippen molar-refractivity contribution in [3.05, 3.63) is 18.2 Å². The molecule has 1 N–H and O–H groups in total. The molecule has 18 heavy (non-hydrogen) atoms. The van der Waals surface area contributed by atoms with Gasteiger partial charge in [0.05, 0.1) is 19.8 Å². The van der Waals surface area contributed by atoms with Gasteiger partial charge in [0.25, 0.3) is 0 Å². The number of aromatic nitrogens is 1. The zero-order chi connectivity index (χ0) is 12.4. The number of morpholine rings is 1.